The molecule has 2 aliphatic rings. The van der Waals surface area contributed by atoms with E-state index in [2.05, 4.69) is 10.2 Å². The maximum absolute atomic E-state index is 13.0. The largest absolute Gasteiger partial charge is 0.416 e. The smallest absolute Gasteiger partial charge is 0.369 e. The molecule has 29 heavy (non-hydrogen) atoms. The average Bonchev–Trinajstić information content (AvgIpc) is 3.53. The Balaban J connectivity index is 1.47. The number of carbonyl (C=O) groups excluding carboxylic acids is 1. The SMILES string of the molecule is O=C(NC1CC1)[C@H](c1ccccc1)N1CCN(c2cccc(C(F)(F)F)c2)CC1. The van der Waals surface area contributed by atoms with Crippen molar-refractivity contribution in [2.75, 3.05) is 31.1 Å². The Kier molecular flexibility index (Phi) is 5.50. The van der Waals surface area contributed by atoms with Crippen LogP contribution in [0.4, 0.5) is 18.9 Å². The quantitative estimate of drug-likeness (QED) is 0.824. The number of hydrogen-bond donors (Lipinski definition) is 1. The van der Waals surface area contributed by atoms with Crippen molar-refractivity contribution in [1.82, 2.24) is 10.2 Å². The van der Waals surface area contributed by atoms with Crippen molar-refractivity contribution in [2.45, 2.75) is 31.1 Å². The molecule has 2 aromatic carbocycles. The Morgan fingerprint density at radius 2 is 1.66 bits per heavy atom. The summed E-state index contributed by atoms with van der Waals surface area (Å²) in [7, 11) is 0. The molecular formula is C22H24F3N3O. The first kappa shape index (κ1) is 19.8. The number of rotatable bonds is 5. The summed E-state index contributed by atoms with van der Waals surface area (Å²) in [5.74, 6) is 0.00576. The molecule has 1 aliphatic heterocycles. The van der Waals surface area contributed by atoms with Crippen molar-refractivity contribution in [3.05, 3.63) is 65.7 Å². The molecule has 1 saturated carbocycles. The van der Waals surface area contributed by atoms with Crippen LogP contribution in [0.5, 0.6) is 0 Å². The first-order valence-electron chi connectivity index (χ1n) is 9.93. The lowest BCUT2D eigenvalue weighted by atomic mass is 10.0. The molecule has 0 aromatic heterocycles. The zero-order chi connectivity index (χ0) is 20.4. The summed E-state index contributed by atoms with van der Waals surface area (Å²) in [6.07, 6.45) is -2.30. The van der Waals surface area contributed by atoms with Gasteiger partial charge in [-0.15, -0.1) is 0 Å². The second-order valence-corrected chi connectivity index (χ2v) is 7.67. The molecule has 1 saturated heterocycles. The maximum Gasteiger partial charge on any atom is 0.416 e. The van der Waals surface area contributed by atoms with Crippen LogP contribution in [0.3, 0.4) is 0 Å². The van der Waals surface area contributed by atoms with Gasteiger partial charge in [-0.3, -0.25) is 9.69 Å². The second kappa shape index (κ2) is 8.06. The Bertz CT molecular complexity index is 844. The highest BCUT2D eigenvalue weighted by Crippen LogP contribution is 2.32. The number of carbonyl (C=O) groups is 1. The molecule has 0 bridgehead atoms. The average molecular weight is 403 g/mol. The number of benzene rings is 2. The van der Waals surface area contributed by atoms with Gasteiger partial charge in [-0.1, -0.05) is 36.4 Å². The molecule has 1 amide bonds. The van der Waals surface area contributed by atoms with Gasteiger partial charge in [0.2, 0.25) is 5.91 Å². The van der Waals surface area contributed by atoms with E-state index in [9.17, 15) is 18.0 Å². The predicted octanol–water partition coefficient (Wildman–Crippen LogP) is 3.85. The Morgan fingerprint density at radius 3 is 2.28 bits per heavy atom. The molecule has 1 atom stereocenters. The van der Waals surface area contributed by atoms with Crippen LogP contribution in [0.25, 0.3) is 0 Å². The van der Waals surface area contributed by atoms with Gasteiger partial charge in [0.05, 0.1) is 5.56 Å². The number of piperazine rings is 1. The summed E-state index contributed by atoms with van der Waals surface area (Å²) in [5.41, 5.74) is 0.875. The highest BCUT2D eigenvalue weighted by molar-refractivity contribution is 5.83. The summed E-state index contributed by atoms with van der Waals surface area (Å²) in [4.78, 5) is 17.0. The minimum absolute atomic E-state index is 0.00576. The molecule has 154 valence electrons. The number of halogens is 3. The molecule has 0 radical (unpaired) electrons. The minimum atomic E-state index is -4.35. The van der Waals surface area contributed by atoms with Gasteiger partial charge in [-0.05, 0) is 36.6 Å². The number of nitrogens with zero attached hydrogens (tertiary/aromatic N) is 2. The molecule has 0 unspecified atom stereocenters. The van der Waals surface area contributed by atoms with Crippen molar-refractivity contribution >= 4 is 11.6 Å². The topological polar surface area (TPSA) is 35.6 Å². The lowest BCUT2D eigenvalue weighted by Crippen LogP contribution is -2.51. The molecule has 2 fully saturated rings. The van der Waals surface area contributed by atoms with Crippen LogP contribution >= 0.6 is 0 Å². The summed E-state index contributed by atoms with van der Waals surface area (Å²) in [6, 6.07) is 15.0. The van der Waals surface area contributed by atoms with Crippen molar-refractivity contribution in [2.24, 2.45) is 0 Å². The van der Waals surface area contributed by atoms with E-state index in [1.807, 2.05) is 35.2 Å². The van der Waals surface area contributed by atoms with Gasteiger partial charge in [-0.2, -0.15) is 13.2 Å². The van der Waals surface area contributed by atoms with Crippen LogP contribution in [-0.4, -0.2) is 43.0 Å². The first-order chi connectivity index (χ1) is 13.9. The van der Waals surface area contributed by atoms with Crippen LogP contribution in [0.15, 0.2) is 54.6 Å². The van der Waals surface area contributed by atoms with Crippen LogP contribution in [0.1, 0.15) is 30.0 Å². The number of alkyl halides is 3. The van der Waals surface area contributed by atoms with Crippen molar-refractivity contribution < 1.29 is 18.0 Å². The molecule has 4 nitrogen and oxygen atoms in total. The third-order valence-electron chi connectivity index (χ3n) is 5.51. The van der Waals surface area contributed by atoms with Crippen LogP contribution in [0.2, 0.25) is 0 Å². The van der Waals surface area contributed by atoms with Crippen molar-refractivity contribution in [3.63, 3.8) is 0 Å². The van der Waals surface area contributed by atoms with Gasteiger partial charge in [0.25, 0.3) is 0 Å². The van der Waals surface area contributed by atoms with E-state index < -0.39 is 11.7 Å². The Morgan fingerprint density at radius 1 is 0.966 bits per heavy atom. The van der Waals surface area contributed by atoms with E-state index in [0.29, 0.717) is 31.9 Å². The fourth-order valence-corrected chi connectivity index (χ4v) is 3.79. The summed E-state index contributed by atoms with van der Waals surface area (Å²) in [5, 5.41) is 3.10. The molecule has 4 rings (SSSR count). The molecular weight excluding hydrogens is 379 g/mol. The monoisotopic (exact) mass is 403 g/mol. The van der Waals surface area contributed by atoms with Crippen molar-refractivity contribution in [1.29, 1.82) is 0 Å². The van der Waals surface area contributed by atoms with Crippen LogP contribution in [0, 0.1) is 0 Å². The Hall–Kier alpha value is -2.54. The summed E-state index contributed by atoms with van der Waals surface area (Å²) < 4.78 is 39.1. The Labute approximate surface area is 168 Å². The highest BCUT2D eigenvalue weighted by Gasteiger charge is 2.34. The third-order valence-corrected chi connectivity index (χ3v) is 5.51. The summed E-state index contributed by atoms with van der Waals surface area (Å²) >= 11 is 0. The third kappa shape index (κ3) is 4.72. The zero-order valence-electron chi connectivity index (χ0n) is 16.0. The maximum atomic E-state index is 13.0. The standard InChI is InChI=1S/C22H24F3N3O/c23-22(24,25)17-7-4-8-19(15-17)27-11-13-28(14-12-27)20(16-5-2-1-3-6-16)21(29)26-18-9-10-18/h1-8,15,18,20H,9-14H2,(H,26,29)/t20-/m0/s1. The molecule has 0 spiro atoms. The van der Waals surface area contributed by atoms with Crippen LogP contribution in [-0.2, 0) is 11.0 Å². The number of anilines is 1. The molecule has 2 aromatic rings. The lowest BCUT2D eigenvalue weighted by molar-refractivity contribution is -0.137. The first-order valence-corrected chi connectivity index (χ1v) is 9.93. The van der Waals surface area contributed by atoms with Gasteiger partial charge in [0.15, 0.2) is 0 Å². The molecule has 7 heteroatoms. The molecule has 1 heterocycles. The molecule has 1 aliphatic carbocycles. The molecule has 1 N–H and O–H groups in total. The number of amides is 1. The minimum Gasteiger partial charge on any atom is -0.369 e. The fraction of sp³-hybridized carbons (Fsp3) is 0.409. The van der Waals surface area contributed by atoms with Gasteiger partial charge in [0, 0.05) is 37.9 Å². The predicted molar refractivity (Wildman–Crippen MR) is 106 cm³/mol. The van der Waals surface area contributed by atoms with Gasteiger partial charge >= 0.3 is 6.18 Å². The zero-order valence-corrected chi connectivity index (χ0v) is 16.0. The van der Waals surface area contributed by atoms with Gasteiger partial charge in [-0.25, -0.2) is 0 Å². The van der Waals surface area contributed by atoms with E-state index in [1.165, 1.54) is 12.1 Å². The fourth-order valence-electron chi connectivity index (χ4n) is 3.79. The van der Waals surface area contributed by atoms with Crippen molar-refractivity contribution in [3.8, 4) is 0 Å². The summed E-state index contributed by atoms with van der Waals surface area (Å²) in [6.45, 7) is 2.35. The van der Waals surface area contributed by atoms with E-state index in [1.54, 1.807) is 6.07 Å². The van der Waals surface area contributed by atoms with E-state index in [0.717, 1.165) is 24.5 Å². The van der Waals surface area contributed by atoms with Gasteiger partial charge < -0.3 is 10.2 Å². The second-order valence-electron chi connectivity index (χ2n) is 7.67. The highest BCUT2D eigenvalue weighted by atomic mass is 19.4. The van der Waals surface area contributed by atoms with E-state index >= 15 is 0 Å². The van der Waals surface area contributed by atoms with Crippen LogP contribution < -0.4 is 10.2 Å². The van der Waals surface area contributed by atoms with E-state index in [4.69, 9.17) is 0 Å². The lowest BCUT2D eigenvalue weighted by Gasteiger charge is -2.40. The van der Waals surface area contributed by atoms with E-state index in [-0.39, 0.29) is 18.0 Å². The number of nitrogens with one attached hydrogen (secondary N) is 1. The number of hydrogen-bond acceptors (Lipinski definition) is 3. The normalized spacial score (nSPS) is 19.1. The van der Waals surface area contributed by atoms with Gasteiger partial charge in [0.1, 0.15) is 6.04 Å².